The molecule has 0 aliphatic heterocycles. The highest BCUT2D eigenvalue weighted by Gasteiger charge is 2.16. The maximum atomic E-state index is 12.2. The Kier molecular flexibility index (Phi) is 11.1. The van der Waals surface area contributed by atoms with Crippen LogP contribution in [0.3, 0.4) is 0 Å². The number of nitrogens with one attached hydrogen (secondary N) is 2. The van der Waals surface area contributed by atoms with Gasteiger partial charge in [0.1, 0.15) is 11.5 Å². The van der Waals surface area contributed by atoms with Gasteiger partial charge in [-0.25, -0.2) is 17.7 Å². The monoisotopic (exact) mass is 562 g/mol. The molecule has 0 saturated heterocycles. The van der Waals surface area contributed by atoms with Crippen LogP contribution in [0.5, 0.6) is 11.5 Å². The maximum absolute atomic E-state index is 12.2. The van der Waals surface area contributed by atoms with Crippen LogP contribution in [0.4, 0.5) is 0 Å². The van der Waals surface area contributed by atoms with E-state index in [0.717, 1.165) is 22.6 Å². The lowest BCUT2D eigenvalue weighted by molar-refractivity contribution is 0.390. The topological polar surface area (TPSA) is 92.3 Å². The van der Waals surface area contributed by atoms with E-state index in [-0.39, 0.29) is 28.9 Å². The fourth-order valence-corrected chi connectivity index (χ4v) is 3.57. The Hall–Kier alpha value is -2.05. The normalized spacial score (nSPS) is 11.6. The molecular weight excluding hydrogens is 531 g/mol. The highest BCUT2D eigenvalue weighted by Crippen LogP contribution is 2.24. The average molecular weight is 562 g/mol. The van der Waals surface area contributed by atoms with Gasteiger partial charge in [-0.15, -0.1) is 24.0 Å². The van der Waals surface area contributed by atoms with E-state index in [4.69, 9.17) is 9.47 Å². The number of benzene rings is 2. The Morgan fingerprint density at radius 3 is 2.26 bits per heavy atom. The molecule has 0 aliphatic rings. The molecule has 10 heteroatoms. The van der Waals surface area contributed by atoms with Crippen molar-refractivity contribution in [1.29, 1.82) is 0 Å². The Balaban J connectivity index is 0.00000480. The van der Waals surface area contributed by atoms with Crippen LogP contribution in [-0.4, -0.2) is 53.5 Å². The fraction of sp³-hybridized carbons (Fsp3) is 0.381. The first kappa shape index (κ1) is 27.0. The first-order chi connectivity index (χ1) is 14.3. The van der Waals surface area contributed by atoms with Crippen molar-refractivity contribution in [3.8, 4) is 11.5 Å². The van der Waals surface area contributed by atoms with E-state index < -0.39 is 10.0 Å². The minimum absolute atomic E-state index is 0. The summed E-state index contributed by atoms with van der Waals surface area (Å²) < 4.78 is 36.2. The highest BCUT2D eigenvalue weighted by atomic mass is 127. The number of sulfonamides is 1. The molecule has 2 rings (SSSR count). The zero-order valence-electron chi connectivity index (χ0n) is 18.5. The third-order valence-electron chi connectivity index (χ3n) is 4.41. The van der Waals surface area contributed by atoms with Crippen molar-refractivity contribution in [3.63, 3.8) is 0 Å². The van der Waals surface area contributed by atoms with E-state index in [0.29, 0.717) is 25.6 Å². The SMILES string of the molecule is CCNC(=NCc1ccc(S(=O)(=O)N(C)C)cc1)NCc1ccc(OC)cc1OC.I. The second-order valence-corrected chi connectivity index (χ2v) is 8.81. The number of hydrogen-bond donors (Lipinski definition) is 2. The number of guanidine groups is 1. The van der Waals surface area contributed by atoms with Crippen molar-refractivity contribution < 1.29 is 17.9 Å². The second kappa shape index (κ2) is 12.7. The Morgan fingerprint density at radius 2 is 1.71 bits per heavy atom. The Morgan fingerprint density at radius 1 is 1.03 bits per heavy atom. The van der Waals surface area contributed by atoms with Gasteiger partial charge < -0.3 is 20.1 Å². The molecule has 31 heavy (non-hydrogen) atoms. The zero-order valence-corrected chi connectivity index (χ0v) is 21.7. The molecule has 0 radical (unpaired) electrons. The summed E-state index contributed by atoms with van der Waals surface area (Å²) in [5.41, 5.74) is 1.88. The molecule has 2 aromatic rings. The van der Waals surface area contributed by atoms with Gasteiger partial charge in [0.05, 0.1) is 25.7 Å². The number of rotatable bonds is 9. The van der Waals surface area contributed by atoms with Crippen molar-refractivity contribution in [2.24, 2.45) is 4.99 Å². The zero-order chi connectivity index (χ0) is 22.1. The van der Waals surface area contributed by atoms with Gasteiger partial charge in [0.2, 0.25) is 10.0 Å². The molecule has 0 bridgehead atoms. The van der Waals surface area contributed by atoms with E-state index in [2.05, 4.69) is 15.6 Å². The van der Waals surface area contributed by atoms with Crippen LogP contribution >= 0.6 is 24.0 Å². The van der Waals surface area contributed by atoms with Crippen molar-refractivity contribution in [3.05, 3.63) is 53.6 Å². The minimum Gasteiger partial charge on any atom is -0.497 e. The number of halogens is 1. The van der Waals surface area contributed by atoms with Crippen LogP contribution in [0.1, 0.15) is 18.1 Å². The summed E-state index contributed by atoms with van der Waals surface area (Å²) in [6.07, 6.45) is 0. The first-order valence-corrected chi connectivity index (χ1v) is 11.0. The lowest BCUT2D eigenvalue weighted by atomic mass is 10.2. The molecule has 0 spiro atoms. The summed E-state index contributed by atoms with van der Waals surface area (Å²) in [5.74, 6) is 2.12. The lowest BCUT2D eigenvalue weighted by Crippen LogP contribution is -2.36. The predicted molar refractivity (Wildman–Crippen MR) is 134 cm³/mol. The summed E-state index contributed by atoms with van der Waals surface area (Å²) in [6, 6.07) is 12.4. The molecule has 0 aliphatic carbocycles. The van der Waals surface area contributed by atoms with E-state index >= 15 is 0 Å². The Bertz CT molecular complexity index is 964. The average Bonchev–Trinajstić information content (AvgIpc) is 2.75. The van der Waals surface area contributed by atoms with Crippen LogP contribution in [-0.2, 0) is 23.1 Å². The molecule has 2 aromatic carbocycles. The van der Waals surface area contributed by atoms with Crippen LogP contribution in [0.15, 0.2) is 52.4 Å². The van der Waals surface area contributed by atoms with Gasteiger partial charge in [0.15, 0.2) is 5.96 Å². The van der Waals surface area contributed by atoms with Crippen molar-refractivity contribution >= 4 is 40.0 Å². The second-order valence-electron chi connectivity index (χ2n) is 6.66. The molecule has 0 unspecified atom stereocenters. The summed E-state index contributed by atoms with van der Waals surface area (Å²) in [7, 11) is 2.83. The quantitative estimate of drug-likeness (QED) is 0.278. The summed E-state index contributed by atoms with van der Waals surface area (Å²) >= 11 is 0. The predicted octanol–water partition coefficient (Wildman–Crippen LogP) is 2.83. The van der Waals surface area contributed by atoms with Crippen LogP contribution < -0.4 is 20.1 Å². The fourth-order valence-electron chi connectivity index (χ4n) is 2.67. The van der Waals surface area contributed by atoms with Gasteiger partial charge in [0.25, 0.3) is 0 Å². The van der Waals surface area contributed by atoms with Gasteiger partial charge in [-0.1, -0.05) is 12.1 Å². The van der Waals surface area contributed by atoms with Crippen LogP contribution in [0.25, 0.3) is 0 Å². The van der Waals surface area contributed by atoms with Gasteiger partial charge in [-0.2, -0.15) is 0 Å². The van der Waals surface area contributed by atoms with E-state index in [1.165, 1.54) is 18.4 Å². The number of ether oxygens (including phenoxy) is 2. The van der Waals surface area contributed by atoms with E-state index in [1.54, 1.807) is 38.5 Å². The third-order valence-corrected chi connectivity index (χ3v) is 6.24. The number of methoxy groups -OCH3 is 2. The number of aliphatic imine (C=N–C) groups is 1. The first-order valence-electron chi connectivity index (χ1n) is 9.56. The molecule has 2 N–H and O–H groups in total. The van der Waals surface area contributed by atoms with Crippen molar-refractivity contribution in [2.45, 2.75) is 24.9 Å². The van der Waals surface area contributed by atoms with Crippen LogP contribution in [0.2, 0.25) is 0 Å². The standard InChI is InChI=1S/C21H30N4O4S.HI/c1-6-22-21(24-15-17-9-10-18(28-4)13-20(17)29-5)23-14-16-7-11-19(12-8-16)30(26,27)25(2)3;/h7-13H,6,14-15H2,1-5H3,(H2,22,23,24);1H. The van der Waals surface area contributed by atoms with Gasteiger partial charge in [-0.05, 0) is 36.8 Å². The third kappa shape index (κ3) is 7.54. The number of hydrogen-bond acceptors (Lipinski definition) is 5. The highest BCUT2D eigenvalue weighted by molar-refractivity contribution is 14.0. The van der Waals surface area contributed by atoms with Gasteiger partial charge >= 0.3 is 0 Å². The van der Waals surface area contributed by atoms with E-state index in [1.807, 2.05) is 25.1 Å². The van der Waals surface area contributed by atoms with Gasteiger partial charge in [-0.3, -0.25) is 0 Å². The number of nitrogens with zero attached hydrogens (tertiary/aromatic N) is 2. The molecule has 0 saturated carbocycles. The summed E-state index contributed by atoms with van der Waals surface area (Å²) in [4.78, 5) is 4.84. The minimum atomic E-state index is -3.43. The molecule has 0 heterocycles. The van der Waals surface area contributed by atoms with Crippen LogP contribution in [0, 0.1) is 0 Å². The molecule has 0 atom stereocenters. The lowest BCUT2D eigenvalue weighted by Gasteiger charge is -2.14. The largest absolute Gasteiger partial charge is 0.497 e. The van der Waals surface area contributed by atoms with Gasteiger partial charge in [0, 0.05) is 38.8 Å². The van der Waals surface area contributed by atoms with Crippen molar-refractivity contribution in [1.82, 2.24) is 14.9 Å². The molecule has 0 aromatic heterocycles. The smallest absolute Gasteiger partial charge is 0.242 e. The Labute approximate surface area is 202 Å². The van der Waals surface area contributed by atoms with E-state index in [9.17, 15) is 8.42 Å². The van der Waals surface area contributed by atoms with Crippen molar-refractivity contribution in [2.75, 3.05) is 34.9 Å². The molecule has 0 fully saturated rings. The molecular formula is C21H31IN4O4S. The maximum Gasteiger partial charge on any atom is 0.242 e. The molecule has 0 amide bonds. The summed E-state index contributed by atoms with van der Waals surface area (Å²) in [5, 5.41) is 6.49. The summed E-state index contributed by atoms with van der Waals surface area (Å²) in [6.45, 7) is 3.65. The molecule has 172 valence electrons. The molecule has 8 nitrogen and oxygen atoms in total.